The summed E-state index contributed by atoms with van der Waals surface area (Å²) in [5.74, 6) is -0.292. The van der Waals surface area contributed by atoms with Crippen LogP contribution in [0.3, 0.4) is 0 Å². The topological polar surface area (TPSA) is 38.7 Å². The zero-order chi connectivity index (χ0) is 9.26. The Labute approximate surface area is 76.1 Å². The van der Waals surface area contributed by atoms with Gasteiger partial charge in [0.25, 0.3) is 0 Å². The molecule has 0 fully saturated rings. The lowest BCUT2D eigenvalue weighted by atomic mass is 10.2. The number of ether oxygens (including phenoxy) is 1. The summed E-state index contributed by atoms with van der Waals surface area (Å²) >= 11 is 0. The molecule has 1 heterocycles. The van der Waals surface area contributed by atoms with Crippen LogP contribution >= 0.6 is 0 Å². The van der Waals surface area contributed by atoms with E-state index in [0.29, 0.717) is 0 Å². The second-order valence-electron chi connectivity index (χ2n) is 2.84. The molecule has 3 nitrogen and oxygen atoms in total. The van der Waals surface area contributed by atoms with E-state index in [9.17, 15) is 4.79 Å². The zero-order valence-electron chi connectivity index (χ0n) is 7.23. The lowest BCUT2D eigenvalue weighted by Crippen LogP contribution is -2.08. The summed E-state index contributed by atoms with van der Waals surface area (Å²) < 4.78 is 4.89. The van der Waals surface area contributed by atoms with Crippen LogP contribution in [0.1, 0.15) is 12.5 Å². The average Bonchev–Trinajstić information content (AvgIpc) is 2.84. The van der Waals surface area contributed by atoms with Crippen molar-refractivity contribution >= 4 is 11.7 Å². The largest absolute Gasteiger partial charge is 0.434 e. The monoisotopic (exact) mass is 175 g/mol. The van der Waals surface area contributed by atoms with Gasteiger partial charge in [-0.2, -0.15) is 0 Å². The summed E-state index contributed by atoms with van der Waals surface area (Å²) in [6.07, 6.45) is -0.333. The summed E-state index contributed by atoms with van der Waals surface area (Å²) in [7, 11) is 0. The fourth-order valence-electron chi connectivity index (χ4n) is 1.15. The Kier molecular flexibility index (Phi) is 1.85. The molecule has 13 heavy (non-hydrogen) atoms. The molecule has 0 bridgehead atoms. The van der Waals surface area contributed by atoms with Gasteiger partial charge in [0.05, 0.1) is 0 Å². The number of rotatable bonds is 2. The van der Waals surface area contributed by atoms with Crippen LogP contribution in [0, 0.1) is 0 Å². The Bertz CT molecular complexity index is 356. The highest BCUT2D eigenvalue weighted by Crippen LogP contribution is 2.20. The highest BCUT2D eigenvalue weighted by molar-refractivity contribution is 6.12. The van der Waals surface area contributed by atoms with E-state index in [-0.39, 0.29) is 12.2 Å². The number of carbonyl (C=O) groups is 1. The number of esters is 1. The molecule has 1 aliphatic rings. The summed E-state index contributed by atoms with van der Waals surface area (Å²) in [5, 5.41) is 0. The van der Waals surface area contributed by atoms with Crippen molar-refractivity contribution in [2.24, 2.45) is 4.99 Å². The van der Waals surface area contributed by atoms with Gasteiger partial charge in [-0.1, -0.05) is 30.3 Å². The van der Waals surface area contributed by atoms with E-state index >= 15 is 0 Å². The molecule has 0 spiro atoms. The standard InChI is InChI=1S/C10H9NO2/c1-7(12)13-10-9(11-10)8-5-3-2-4-6-8/h2-6,10H,1H3. The van der Waals surface area contributed by atoms with Crippen molar-refractivity contribution in [2.75, 3.05) is 0 Å². The molecule has 1 unspecified atom stereocenters. The molecule has 0 saturated carbocycles. The molecule has 0 aromatic heterocycles. The first-order chi connectivity index (χ1) is 6.27. The molecule has 1 aliphatic heterocycles. The molecule has 1 aromatic rings. The van der Waals surface area contributed by atoms with Gasteiger partial charge in [-0.25, -0.2) is 4.99 Å². The number of hydrogen-bond donors (Lipinski definition) is 0. The van der Waals surface area contributed by atoms with Crippen LogP contribution in [-0.4, -0.2) is 17.9 Å². The summed E-state index contributed by atoms with van der Waals surface area (Å²) in [6.45, 7) is 1.39. The molecule has 0 aliphatic carbocycles. The number of nitrogens with zero attached hydrogens (tertiary/aromatic N) is 1. The number of benzene rings is 1. The number of carbonyl (C=O) groups excluding carboxylic acids is 1. The molecule has 1 atom stereocenters. The van der Waals surface area contributed by atoms with E-state index in [4.69, 9.17) is 4.74 Å². The van der Waals surface area contributed by atoms with Crippen molar-refractivity contribution in [3.63, 3.8) is 0 Å². The lowest BCUT2D eigenvalue weighted by Gasteiger charge is -1.96. The Morgan fingerprint density at radius 3 is 2.69 bits per heavy atom. The predicted molar refractivity (Wildman–Crippen MR) is 48.5 cm³/mol. The predicted octanol–water partition coefficient (Wildman–Crippen LogP) is 1.38. The van der Waals surface area contributed by atoms with Crippen molar-refractivity contribution < 1.29 is 9.53 Å². The smallest absolute Gasteiger partial charge is 0.304 e. The molecular weight excluding hydrogens is 166 g/mol. The van der Waals surface area contributed by atoms with E-state index in [1.807, 2.05) is 30.3 Å². The first-order valence-corrected chi connectivity index (χ1v) is 4.08. The highest BCUT2D eigenvalue weighted by Gasteiger charge is 2.31. The van der Waals surface area contributed by atoms with Crippen molar-refractivity contribution in [2.45, 2.75) is 13.2 Å². The normalized spacial score (nSPS) is 19.2. The van der Waals surface area contributed by atoms with Gasteiger partial charge in [0.15, 0.2) is 0 Å². The van der Waals surface area contributed by atoms with Crippen molar-refractivity contribution in [3.8, 4) is 0 Å². The molecule has 2 rings (SSSR count). The van der Waals surface area contributed by atoms with Gasteiger partial charge in [-0.3, -0.25) is 4.79 Å². The fourth-order valence-corrected chi connectivity index (χ4v) is 1.15. The van der Waals surface area contributed by atoms with Crippen LogP contribution in [0.2, 0.25) is 0 Å². The van der Waals surface area contributed by atoms with E-state index in [1.165, 1.54) is 6.92 Å². The second kappa shape index (κ2) is 3.01. The van der Waals surface area contributed by atoms with E-state index in [0.717, 1.165) is 11.3 Å². The Balaban J connectivity index is 2.00. The molecule has 0 amide bonds. The van der Waals surface area contributed by atoms with Gasteiger partial charge in [0.1, 0.15) is 5.71 Å². The van der Waals surface area contributed by atoms with Crippen molar-refractivity contribution in [1.29, 1.82) is 0 Å². The van der Waals surface area contributed by atoms with Gasteiger partial charge in [0, 0.05) is 12.5 Å². The van der Waals surface area contributed by atoms with E-state index in [2.05, 4.69) is 4.99 Å². The summed E-state index contributed by atoms with van der Waals surface area (Å²) in [6, 6.07) is 9.69. The zero-order valence-corrected chi connectivity index (χ0v) is 7.23. The second-order valence-corrected chi connectivity index (χ2v) is 2.84. The molecule has 0 N–H and O–H groups in total. The minimum absolute atomic E-state index is 0.292. The SMILES string of the molecule is CC(=O)OC1N=C1c1ccccc1. The van der Waals surface area contributed by atoms with Crippen molar-refractivity contribution in [3.05, 3.63) is 35.9 Å². The minimum atomic E-state index is -0.333. The first kappa shape index (κ1) is 7.98. The third-order valence-corrected chi connectivity index (χ3v) is 1.77. The quantitative estimate of drug-likeness (QED) is 0.637. The maximum Gasteiger partial charge on any atom is 0.304 e. The maximum atomic E-state index is 10.6. The summed E-state index contributed by atoms with van der Waals surface area (Å²) in [5.41, 5.74) is 1.88. The Morgan fingerprint density at radius 1 is 1.38 bits per heavy atom. The van der Waals surface area contributed by atoms with Gasteiger partial charge < -0.3 is 4.74 Å². The van der Waals surface area contributed by atoms with E-state index in [1.54, 1.807) is 0 Å². The molecule has 1 aromatic carbocycles. The molecule has 0 saturated heterocycles. The van der Waals surface area contributed by atoms with Crippen molar-refractivity contribution in [1.82, 2.24) is 0 Å². The van der Waals surface area contributed by atoms with Gasteiger partial charge in [0.2, 0.25) is 6.23 Å². The number of aliphatic imine (C=N–C) groups is 1. The van der Waals surface area contributed by atoms with Crippen LogP contribution in [0.5, 0.6) is 0 Å². The molecule has 0 radical (unpaired) electrons. The Morgan fingerprint density at radius 2 is 2.08 bits per heavy atom. The molecule has 3 heteroatoms. The van der Waals surface area contributed by atoms with Crippen LogP contribution in [0.15, 0.2) is 35.3 Å². The van der Waals surface area contributed by atoms with Gasteiger partial charge in [-0.05, 0) is 0 Å². The Hall–Kier alpha value is -1.64. The maximum absolute atomic E-state index is 10.6. The van der Waals surface area contributed by atoms with Gasteiger partial charge in [-0.15, -0.1) is 0 Å². The van der Waals surface area contributed by atoms with Crippen LogP contribution < -0.4 is 0 Å². The molecule has 66 valence electrons. The van der Waals surface area contributed by atoms with Gasteiger partial charge >= 0.3 is 5.97 Å². The van der Waals surface area contributed by atoms with E-state index < -0.39 is 0 Å². The minimum Gasteiger partial charge on any atom is -0.434 e. The lowest BCUT2D eigenvalue weighted by molar-refractivity contribution is -0.141. The van der Waals surface area contributed by atoms with Crippen LogP contribution in [0.25, 0.3) is 0 Å². The fraction of sp³-hybridized carbons (Fsp3) is 0.200. The molecular formula is C10H9NO2. The van der Waals surface area contributed by atoms with Crippen LogP contribution in [-0.2, 0) is 9.53 Å². The first-order valence-electron chi connectivity index (χ1n) is 4.08. The number of hydrogen-bond acceptors (Lipinski definition) is 3. The third-order valence-electron chi connectivity index (χ3n) is 1.77. The average molecular weight is 175 g/mol. The van der Waals surface area contributed by atoms with Crippen LogP contribution in [0.4, 0.5) is 0 Å². The summed E-state index contributed by atoms with van der Waals surface area (Å²) in [4.78, 5) is 14.6. The highest BCUT2D eigenvalue weighted by atomic mass is 16.6. The third kappa shape index (κ3) is 1.75.